The Hall–Kier alpha value is -4.21. The molecule has 4 heterocycles. The predicted molar refractivity (Wildman–Crippen MR) is 162 cm³/mol. The molecule has 42 heavy (non-hydrogen) atoms. The molecule has 10 nitrogen and oxygen atoms in total. The lowest BCUT2D eigenvalue weighted by Crippen LogP contribution is -2.37. The summed E-state index contributed by atoms with van der Waals surface area (Å²) in [7, 11) is 2.05. The number of hydrogen-bond acceptors (Lipinski definition) is 8. The lowest BCUT2D eigenvalue weighted by molar-refractivity contribution is 0.0270. The molecule has 1 spiro atoms. The van der Waals surface area contributed by atoms with Crippen LogP contribution in [-0.2, 0) is 11.8 Å². The minimum atomic E-state index is -0.497. The number of rotatable bonds is 4. The number of hydrogen-bond donors (Lipinski definition) is 1. The number of likely N-dealkylation sites (tertiary alicyclic amines) is 1. The first-order chi connectivity index (χ1) is 20.0. The zero-order valence-electron chi connectivity index (χ0n) is 25.0. The van der Waals surface area contributed by atoms with Crippen molar-refractivity contribution in [3.8, 4) is 6.01 Å². The molecule has 3 aromatic heterocycles. The standard InChI is InChI=1S/C32H39N7O3/c1-20-17-22(7-8-23(20)41-29-34-14-6-15-35-29)24-25-27(33)36-19-37-28(25)38(5)26(24)21-9-11-32(12-10-21)13-16-39(18-32)30(40)42-31(2,3)4/h6-9,14-15,17,19-20,23H,10-13,16,18H2,1-5H3,(H2,33,36,37). The molecule has 2 N–H and O–H groups in total. The van der Waals surface area contributed by atoms with Gasteiger partial charge in [-0.1, -0.05) is 25.2 Å². The van der Waals surface area contributed by atoms with Gasteiger partial charge < -0.3 is 24.7 Å². The maximum Gasteiger partial charge on any atom is 0.410 e. The number of aromatic nitrogens is 5. The average molecular weight is 570 g/mol. The molecule has 3 unspecified atom stereocenters. The summed E-state index contributed by atoms with van der Waals surface area (Å²) in [5.41, 5.74) is 11.4. The number of fused-ring (bicyclic) bond motifs is 1. The first kappa shape index (κ1) is 27.9. The smallest absolute Gasteiger partial charge is 0.410 e. The van der Waals surface area contributed by atoms with Crippen molar-refractivity contribution in [2.75, 3.05) is 18.8 Å². The van der Waals surface area contributed by atoms with Crippen molar-refractivity contribution in [3.63, 3.8) is 0 Å². The molecule has 6 rings (SSSR count). The van der Waals surface area contributed by atoms with Gasteiger partial charge in [0.15, 0.2) is 0 Å². The number of amides is 1. The van der Waals surface area contributed by atoms with Crippen LogP contribution in [0.2, 0.25) is 0 Å². The fraction of sp³-hybridized carbons (Fsp3) is 0.469. The lowest BCUT2D eigenvalue weighted by atomic mass is 9.73. The third-order valence-corrected chi connectivity index (χ3v) is 8.60. The Balaban J connectivity index is 1.30. The number of nitrogens with zero attached hydrogens (tertiary/aromatic N) is 6. The molecule has 1 fully saturated rings. The third kappa shape index (κ3) is 5.26. The van der Waals surface area contributed by atoms with Gasteiger partial charge in [-0.05, 0) is 75.2 Å². The molecule has 3 atom stereocenters. The lowest BCUT2D eigenvalue weighted by Gasteiger charge is -2.33. The molecule has 2 aliphatic carbocycles. The van der Waals surface area contributed by atoms with E-state index in [0.717, 1.165) is 66.6 Å². The second-order valence-electron chi connectivity index (χ2n) is 12.8. The molecule has 1 aliphatic heterocycles. The summed E-state index contributed by atoms with van der Waals surface area (Å²) >= 11 is 0. The van der Waals surface area contributed by atoms with Crippen LogP contribution in [0.3, 0.4) is 0 Å². The number of ether oxygens (including phenoxy) is 2. The Morgan fingerprint density at radius 3 is 2.62 bits per heavy atom. The first-order valence-electron chi connectivity index (χ1n) is 14.6. The molecule has 0 saturated carbocycles. The summed E-state index contributed by atoms with van der Waals surface area (Å²) in [6.45, 7) is 9.32. The average Bonchev–Trinajstić information content (AvgIpc) is 3.50. The zero-order valence-corrected chi connectivity index (χ0v) is 25.0. The van der Waals surface area contributed by atoms with E-state index in [-0.39, 0.29) is 23.5 Å². The number of nitrogen functional groups attached to an aromatic ring is 1. The molecule has 3 aliphatic rings. The van der Waals surface area contributed by atoms with Crippen LogP contribution >= 0.6 is 0 Å². The van der Waals surface area contributed by atoms with Gasteiger partial charge in [0.25, 0.3) is 0 Å². The van der Waals surface area contributed by atoms with E-state index in [1.165, 1.54) is 11.9 Å². The summed E-state index contributed by atoms with van der Waals surface area (Å²) in [6, 6.07) is 2.13. The minimum absolute atomic E-state index is 0.0729. The third-order valence-electron chi connectivity index (χ3n) is 8.60. The van der Waals surface area contributed by atoms with E-state index in [4.69, 9.17) is 15.2 Å². The van der Waals surface area contributed by atoms with Crippen LogP contribution in [0.5, 0.6) is 6.01 Å². The molecule has 220 valence electrons. The van der Waals surface area contributed by atoms with E-state index in [1.807, 2.05) is 32.7 Å². The summed E-state index contributed by atoms with van der Waals surface area (Å²) in [5, 5.41) is 0.863. The topological polar surface area (TPSA) is 121 Å². The molecular formula is C32H39N7O3. The number of allylic oxidation sites excluding steroid dienone is 4. The zero-order chi connectivity index (χ0) is 29.6. The molecular weight excluding hydrogens is 530 g/mol. The second kappa shape index (κ2) is 10.6. The molecule has 10 heteroatoms. The van der Waals surface area contributed by atoms with E-state index in [0.29, 0.717) is 11.8 Å². The van der Waals surface area contributed by atoms with Gasteiger partial charge in [-0.2, -0.15) is 0 Å². The number of aryl methyl sites for hydroxylation is 1. The summed E-state index contributed by atoms with van der Waals surface area (Å²) < 4.78 is 13.9. The Morgan fingerprint density at radius 1 is 1.14 bits per heavy atom. The van der Waals surface area contributed by atoms with Crippen molar-refractivity contribution in [1.82, 2.24) is 29.4 Å². The molecule has 0 aromatic carbocycles. The fourth-order valence-corrected chi connectivity index (χ4v) is 6.47. The fourth-order valence-electron chi connectivity index (χ4n) is 6.47. The largest absolute Gasteiger partial charge is 0.455 e. The van der Waals surface area contributed by atoms with Crippen molar-refractivity contribution in [3.05, 3.63) is 60.3 Å². The molecule has 0 radical (unpaired) electrons. The van der Waals surface area contributed by atoms with Gasteiger partial charge in [0.2, 0.25) is 0 Å². The quantitative estimate of drug-likeness (QED) is 0.433. The Labute approximate surface area is 246 Å². The van der Waals surface area contributed by atoms with Gasteiger partial charge in [-0.15, -0.1) is 0 Å². The van der Waals surface area contributed by atoms with E-state index >= 15 is 0 Å². The van der Waals surface area contributed by atoms with Crippen LogP contribution in [0.1, 0.15) is 64.6 Å². The van der Waals surface area contributed by atoms with E-state index in [1.54, 1.807) is 18.5 Å². The van der Waals surface area contributed by atoms with Gasteiger partial charge in [0.05, 0.1) is 11.1 Å². The highest BCUT2D eigenvalue weighted by molar-refractivity contribution is 6.04. The highest BCUT2D eigenvalue weighted by Crippen LogP contribution is 2.48. The van der Waals surface area contributed by atoms with Gasteiger partial charge in [0, 0.05) is 44.0 Å². The van der Waals surface area contributed by atoms with Gasteiger partial charge in [-0.25, -0.2) is 24.7 Å². The van der Waals surface area contributed by atoms with Gasteiger partial charge in [-0.3, -0.25) is 0 Å². The highest BCUT2D eigenvalue weighted by atomic mass is 16.6. The van der Waals surface area contributed by atoms with Crippen LogP contribution in [0, 0.1) is 11.3 Å². The minimum Gasteiger partial charge on any atom is -0.455 e. The number of nitrogens with two attached hydrogens (primary N) is 1. The number of carbonyl (C=O) groups excluding carboxylic acids is 1. The van der Waals surface area contributed by atoms with E-state index in [2.05, 4.69) is 55.7 Å². The Morgan fingerprint density at radius 2 is 1.93 bits per heavy atom. The number of carbonyl (C=O) groups is 1. The van der Waals surface area contributed by atoms with Gasteiger partial charge in [0.1, 0.15) is 29.5 Å². The van der Waals surface area contributed by atoms with Gasteiger partial charge >= 0.3 is 12.1 Å². The maximum absolute atomic E-state index is 12.8. The summed E-state index contributed by atoms with van der Waals surface area (Å²) in [6.07, 6.45) is 17.0. The molecule has 3 aromatic rings. The van der Waals surface area contributed by atoms with Crippen molar-refractivity contribution >= 4 is 34.1 Å². The molecule has 1 amide bonds. The first-order valence-corrected chi connectivity index (χ1v) is 14.6. The monoisotopic (exact) mass is 569 g/mol. The normalized spacial score (nSPS) is 24.2. The second-order valence-corrected chi connectivity index (χ2v) is 12.8. The Kier molecular flexibility index (Phi) is 7.03. The van der Waals surface area contributed by atoms with Crippen LogP contribution in [0.15, 0.2) is 49.1 Å². The van der Waals surface area contributed by atoms with E-state index in [9.17, 15) is 4.79 Å². The predicted octanol–water partition coefficient (Wildman–Crippen LogP) is 5.57. The summed E-state index contributed by atoms with van der Waals surface area (Å²) in [5.74, 6) is 0.537. The van der Waals surface area contributed by atoms with Crippen molar-refractivity contribution < 1.29 is 14.3 Å². The summed E-state index contributed by atoms with van der Waals surface area (Å²) in [4.78, 5) is 32.0. The van der Waals surface area contributed by atoms with Crippen molar-refractivity contribution in [1.29, 1.82) is 0 Å². The Bertz CT molecular complexity index is 1600. The molecule has 1 saturated heterocycles. The SMILES string of the molecule is CC1C=C(c2c(C3=CCC4(CC3)CCN(C(=O)OC(C)(C)C)C4)n(C)c3ncnc(N)c23)C=CC1Oc1ncccn1. The van der Waals surface area contributed by atoms with Crippen LogP contribution in [-0.4, -0.2) is 60.3 Å². The number of anilines is 1. The van der Waals surface area contributed by atoms with Crippen LogP contribution in [0.4, 0.5) is 10.6 Å². The highest BCUT2D eigenvalue weighted by Gasteiger charge is 2.42. The molecule has 0 bridgehead atoms. The maximum atomic E-state index is 12.8. The van der Waals surface area contributed by atoms with Crippen molar-refractivity contribution in [2.45, 2.75) is 65.1 Å². The van der Waals surface area contributed by atoms with Crippen LogP contribution < -0.4 is 10.5 Å². The van der Waals surface area contributed by atoms with E-state index < -0.39 is 5.60 Å². The van der Waals surface area contributed by atoms with Crippen molar-refractivity contribution in [2.24, 2.45) is 18.4 Å². The van der Waals surface area contributed by atoms with Crippen LogP contribution in [0.25, 0.3) is 22.2 Å².